The molecule has 0 unspecified atom stereocenters. The fraction of sp³-hybridized carbons (Fsp3) is 0. The average molecular weight is 549 g/mol. The van der Waals surface area contributed by atoms with E-state index in [-0.39, 0.29) is 0 Å². The van der Waals surface area contributed by atoms with Gasteiger partial charge in [-0.3, -0.25) is 0 Å². The summed E-state index contributed by atoms with van der Waals surface area (Å²) in [6.45, 7) is 0. The molecule has 0 aliphatic heterocycles. The third-order valence-electron chi connectivity index (χ3n) is 7.95. The van der Waals surface area contributed by atoms with Crippen LogP contribution < -0.4 is 31.1 Å². The fourth-order valence-corrected chi connectivity index (χ4v) is 41.1. The molecule has 6 aromatic carbocycles. The Morgan fingerprint density at radius 2 is 0.462 bits per heavy atom. The van der Waals surface area contributed by atoms with E-state index in [2.05, 4.69) is 182 Å². The van der Waals surface area contributed by atoms with Gasteiger partial charge in [0.15, 0.2) is 0 Å². The van der Waals surface area contributed by atoms with Crippen LogP contribution in [-0.4, -0.2) is 23.7 Å². The second-order valence-corrected chi connectivity index (χ2v) is 28.3. The van der Waals surface area contributed by atoms with Crippen LogP contribution in [0.1, 0.15) is 0 Å². The van der Waals surface area contributed by atoms with E-state index in [1.54, 1.807) is 10.4 Å². The largest absolute Gasteiger partial charge is 0.118 e. The number of benzene rings is 6. The molecular weight excluding hydrogens is 517 g/mol. The lowest BCUT2D eigenvalue weighted by Crippen LogP contribution is -2.87. The van der Waals surface area contributed by atoms with Crippen molar-refractivity contribution in [2.45, 2.75) is 0 Å². The number of hydrogen-bond donors (Lipinski definition) is 0. The molecule has 0 nitrogen and oxygen atoms in total. The van der Waals surface area contributed by atoms with Crippen LogP contribution in [-0.2, 0) is 0 Å². The molecule has 0 spiro atoms. The number of rotatable bonds is 8. The Hall–Kier alpha value is -4.03. The van der Waals surface area contributed by atoms with Gasteiger partial charge in [-0.2, -0.15) is 0 Å². The van der Waals surface area contributed by atoms with Crippen molar-refractivity contribution in [3.05, 3.63) is 182 Å². The van der Waals surface area contributed by atoms with Crippen molar-refractivity contribution in [1.82, 2.24) is 0 Å². The van der Waals surface area contributed by atoms with Gasteiger partial charge in [0.2, 0.25) is 0 Å². The highest BCUT2D eigenvalue weighted by atomic mass is 29.6. The molecule has 6 rings (SSSR count). The maximum absolute atomic E-state index is 2.49. The van der Waals surface area contributed by atoms with E-state index in [1.165, 1.54) is 20.7 Å². The molecule has 0 saturated heterocycles. The van der Waals surface area contributed by atoms with Crippen LogP contribution in [0.25, 0.3) is 0 Å². The fourth-order valence-electron chi connectivity index (χ4n) is 6.45. The van der Waals surface area contributed by atoms with Crippen molar-refractivity contribution >= 4 is 54.9 Å². The predicted octanol–water partition coefficient (Wildman–Crippen LogP) is 3.49. The van der Waals surface area contributed by atoms with Crippen molar-refractivity contribution < 1.29 is 0 Å². The summed E-state index contributed by atoms with van der Waals surface area (Å²) in [5, 5.41) is 9.26. The molecule has 6 aromatic rings. The Morgan fingerprint density at radius 1 is 0.256 bits per heavy atom. The van der Waals surface area contributed by atoms with Gasteiger partial charge in [-0.25, -0.2) is 0 Å². The summed E-state index contributed by atoms with van der Waals surface area (Å²) >= 11 is 0. The van der Waals surface area contributed by atoms with Crippen LogP contribution >= 0.6 is 0 Å². The highest BCUT2D eigenvalue weighted by Gasteiger charge is 2.54. The molecule has 0 heterocycles. The predicted molar refractivity (Wildman–Crippen MR) is 177 cm³/mol. The molecule has 0 aliphatic rings. The van der Waals surface area contributed by atoms with Gasteiger partial charge in [-0.15, -0.1) is 0 Å². The third kappa shape index (κ3) is 4.92. The van der Waals surface area contributed by atoms with Gasteiger partial charge >= 0.3 is 0 Å². The van der Waals surface area contributed by atoms with Crippen LogP contribution in [0.2, 0.25) is 0 Å². The van der Waals surface area contributed by atoms with Crippen LogP contribution in [0, 0.1) is 0 Å². The molecule has 0 amide bonds. The topological polar surface area (TPSA) is 0 Å². The smallest absolute Gasteiger partial charge is 0.0632 e. The van der Waals surface area contributed by atoms with E-state index in [9.17, 15) is 0 Å². The highest BCUT2D eigenvalue weighted by Crippen LogP contribution is 2.17. The first kappa shape index (κ1) is 25.3. The van der Waals surface area contributed by atoms with Gasteiger partial charge in [-0.1, -0.05) is 213 Å². The summed E-state index contributed by atoms with van der Waals surface area (Å²) in [4.78, 5) is 0. The van der Waals surface area contributed by atoms with E-state index in [1.807, 2.05) is 0 Å². The lowest BCUT2D eigenvalue weighted by Gasteiger charge is -2.45. The van der Waals surface area contributed by atoms with E-state index in [0.29, 0.717) is 0 Å². The van der Waals surface area contributed by atoms with Gasteiger partial charge in [0.25, 0.3) is 0 Å². The standard InChI is InChI=1S/C36H32Si3/c1-7-19-31(20-8-1)37(32-21-9-2-10-22-32)39(35-27-15-5-16-28-35,36-29-17-6-18-30-36)38(33-23-11-3-12-24-33)34-25-13-4-14-26-34/h1-30,37-38H. The molecule has 0 fully saturated rings. The first-order chi connectivity index (χ1) is 19.4. The van der Waals surface area contributed by atoms with Gasteiger partial charge in [0.1, 0.15) is 23.7 Å². The zero-order valence-electron chi connectivity index (χ0n) is 22.0. The molecule has 0 bridgehead atoms. The SMILES string of the molecule is c1ccc([SiH](c2ccccc2)[Si](c2ccccc2)(c2ccccc2)[SiH](c2ccccc2)c2ccccc2)cc1. The van der Waals surface area contributed by atoms with Gasteiger partial charge < -0.3 is 0 Å². The Labute approximate surface area is 236 Å². The van der Waals surface area contributed by atoms with E-state index in [0.717, 1.165) is 0 Å². The summed E-state index contributed by atoms with van der Waals surface area (Å²) in [6.07, 6.45) is 0. The second-order valence-electron chi connectivity index (χ2n) is 10.1. The zero-order valence-corrected chi connectivity index (χ0v) is 25.3. The van der Waals surface area contributed by atoms with Crippen molar-refractivity contribution in [2.75, 3.05) is 0 Å². The Balaban J connectivity index is 1.82. The van der Waals surface area contributed by atoms with E-state index in [4.69, 9.17) is 0 Å². The maximum atomic E-state index is 2.46. The number of hydrogen-bond acceptors (Lipinski definition) is 0. The van der Waals surface area contributed by atoms with Gasteiger partial charge in [0, 0.05) is 0 Å². The van der Waals surface area contributed by atoms with E-state index < -0.39 is 23.7 Å². The minimum atomic E-state index is -2.49. The summed E-state index contributed by atoms with van der Waals surface area (Å²) in [5.74, 6) is 0. The van der Waals surface area contributed by atoms with Crippen molar-refractivity contribution in [1.29, 1.82) is 0 Å². The Bertz CT molecular complexity index is 1370. The normalized spacial score (nSPS) is 11.5. The van der Waals surface area contributed by atoms with Crippen LogP contribution in [0.5, 0.6) is 0 Å². The zero-order chi connectivity index (χ0) is 26.3. The highest BCUT2D eigenvalue weighted by molar-refractivity contribution is 7.76. The average Bonchev–Trinajstić information content (AvgIpc) is 3.03. The molecule has 188 valence electrons. The van der Waals surface area contributed by atoms with Gasteiger partial charge in [-0.05, 0) is 0 Å². The Kier molecular flexibility index (Phi) is 7.63. The molecule has 0 aromatic heterocycles. The lowest BCUT2D eigenvalue weighted by molar-refractivity contribution is 1.71. The molecule has 0 atom stereocenters. The molecule has 0 saturated carbocycles. The van der Waals surface area contributed by atoms with Crippen molar-refractivity contribution in [3.63, 3.8) is 0 Å². The summed E-state index contributed by atoms with van der Waals surface area (Å²) in [6, 6.07) is 69.2. The molecule has 3 heteroatoms. The molecule has 0 radical (unpaired) electrons. The lowest BCUT2D eigenvalue weighted by atomic mass is 10.4. The van der Waals surface area contributed by atoms with Crippen LogP contribution in [0.3, 0.4) is 0 Å². The van der Waals surface area contributed by atoms with Gasteiger partial charge in [0.05, 0.1) is 0 Å². The first-order valence-corrected chi connectivity index (χ1v) is 21.6. The van der Waals surface area contributed by atoms with Crippen LogP contribution in [0.4, 0.5) is 0 Å². The summed E-state index contributed by atoms with van der Waals surface area (Å²) in [7, 11) is -6.19. The maximum Gasteiger partial charge on any atom is 0.118 e. The van der Waals surface area contributed by atoms with Crippen molar-refractivity contribution in [3.8, 4) is 0 Å². The van der Waals surface area contributed by atoms with Crippen molar-refractivity contribution in [2.24, 2.45) is 0 Å². The second kappa shape index (κ2) is 11.8. The first-order valence-electron chi connectivity index (χ1n) is 13.7. The molecule has 39 heavy (non-hydrogen) atoms. The summed E-state index contributed by atoms with van der Waals surface area (Å²) in [5.41, 5.74) is 0. The minimum Gasteiger partial charge on any atom is -0.0632 e. The Morgan fingerprint density at radius 3 is 0.692 bits per heavy atom. The molecule has 0 N–H and O–H groups in total. The molecular formula is C36H32Si3. The monoisotopic (exact) mass is 548 g/mol. The summed E-state index contributed by atoms with van der Waals surface area (Å²) < 4.78 is 0. The minimum absolute atomic E-state index is 1.53. The quantitative estimate of drug-likeness (QED) is 0.256. The van der Waals surface area contributed by atoms with Crippen LogP contribution in [0.15, 0.2) is 182 Å². The van der Waals surface area contributed by atoms with E-state index >= 15 is 0 Å². The third-order valence-corrected chi connectivity index (χ3v) is 36.0. The molecule has 0 aliphatic carbocycles.